The second-order valence-electron chi connectivity index (χ2n) is 3.89. The van der Waals surface area contributed by atoms with Gasteiger partial charge in [0.05, 0.1) is 5.88 Å². The van der Waals surface area contributed by atoms with E-state index in [4.69, 9.17) is 34.8 Å². The van der Waals surface area contributed by atoms with Crippen molar-refractivity contribution in [2.75, 3.05) is 5.88 Å². The summed E-state index contributed by atoms with van der Waals surface area (Å²) in [6, 6.07) is 5.08. The van der Waals surface area contributed by atoms with E-state index < -0.39 is 5.60 Å². The second kappa shape index (κ2) is 6.11. The molecule has 0 heterocycles. The van der Waals surface area contributed by atoms with E-state index in [2.05, 4.69) is 6.92 Å². The van der Waals surface area contributed by atoms with Crippen LogP contribution in [0, 0.1) is 0 Å². The maximum atomic E-state index is 10.4. The monoisotopic (exact) mass is 280 g/mol. The minimum Gasteiger partial charge on any atom is -0.384 e. The lowest BCUT2D eigenvalue weighted by atomic mass is 9.90. The molecular weight excluding hydrogens is 266 g/mol. The van der Waals surface area contributed by atoms with Gasteiger partial charge in [-0.1, -0.05) is 49.0 Å². The Hall–Kier alpha value is 0.0500. The summed E-state index contributed by atoms with van der Waals surface area (Å²) >= 11 is 17.7. The lowest BCUT2D eigenvalue weighted by Crippen LogP contribution is -2.28. The third-order valence-corrected chi connectivity index (χ3v) is 3.59. The normalized spacial score (nSPS) is 14.8. The molecule has 0 aliphatic rings. The molecule has 0 fully saturated rings. The molecule has 0 saturated heterocycles. The van der Waals surface area contributed by atoms with Crippen molar-refractivity contribution in [3.63, 3.8) is 0 Å². The van der Waals surface area contributed by atoms with E-state index in [-0.39, 0.29) is 5.88 Å². The average Bonchev–Trinajstić information content (AvgIpc) is 2.26. The van der Waals surface area contributed by atoms with Crippen molar-refractivity contribution in [1.29, 1.82) is 0 Å². The van der Waals surface area contributed by atoms with Gasteiger partial charge in [0, 0.05) is 15.6 Å². The van der Waals surface area contributed by atoms with Gasteiger partial charge in [0.2, 0.25) is 0 Å². The predicted octanol–water partition coefficient (Wildman–Crippen LogP) is 4.61. The van der Waals surface area contributed by atoms with Gasteiger partial charge in [0.1, 0.15) is 5.60 Å². The first-order chi connectivity index (χ1) is 7.53. The number of halogens is 3. The van der Waals surface area contributed by atoms with Crippen LogP contribution in [0.15, 0.2) is 18.2 Å². The maximum Gasteiger partial charge on any atom is 0.105 e. The molecule has 0 saturated carbocycles. The molecular formula is C12H15Cl3O. The van der Waals surface area contributed by atoms with E-state index in [1.165, 1.54) is 0 Å². The minimum absolute atomic E-state index is 0.133. The molecule has 0 aliphatic heterocycles. The molecule has 0 spiro atoms. The molecule has 1 nitrogen and oxygen atoms in total. The van der Waals surface area contributed by atoms with Crippen LogP contribution in [0.3, 0.4) is 0 Å². The van der Waals surface area contributed by atoms with Gasteiger partial charge in [-0.2, -0.15) is 0 Å². The summed E-state index contributed by atoms with van der Waals surface area (Å²) in [7, 11) is 0. The largest absolute Gasteiger partial charge is 0.384 e. The van der Waals surface area contributed by atoms with Crippen LogP contribution in [-0.4, -0.2) is 11.0 Å². The summed E-state index contributed by atoms with van der Waals surface area (Å²) < 4.78 is 0. The van der Waals surface area contributed by atoms with Gasteiger partial charge in [-0.25, -0.2) is 0 Å². The molecule has 0 aromatic heterocycles. The first kappa shape index (κ1) is 14.1. The van der Waals surface area contributed by atoms with Crippen LogP contribution in [0.2, 0.25) is 10.0 Å². The van der Waals surface area contributed by atoms with Gasteiger partial charge in [0.25, 0.3) is 0 Å². The summed E-state index contributed by atoms with van der Waals surface area (Å²) in [5.74, 6) is 0.133. The Morgan fingerprint density at radius 2 is 2.00 bits per heavy atom. The highest BCUT2D eigenvalue weighted by Gasteiger charge is 2.29. The summed E-state index contributed by atoms with van der Waals surface area (Å²) in [6.07, 6.45) is 2.51. The van der Waals surface area contributed by atoms with Crippen molar-refractivity contribution in [3.8, 4) is 0 Å². The summed E-state index contributed by atoms with van der Waals surface area (Å²) in [5.41, 5.74) is -0.402. The smallest absolute Gasteiger partial charge is 0.105 e. The minimum atomic E-state index is -1.06. The van der Waals surface area contributed by atoms with Gasteiger partial charge in [-0.05, 0) is 18.6 Å². The van der Waals surface area contributed by atoms with Crippen LogP contribution in [0.25, 0.3) is 0 Å². The Morgan fingerprint density at radius 3 is 2.50 bits per heavy atom. The van der Waals surface area contributed by atoms with Gasteiger partial charge < -0.3 is 5.11 Å². The van der Waals surface area contributed by atoms with Gasteiger partial charge in [-0.15, -0.1) is 11.6 Å². The van der Waals surface area contributed by atoms with Crippen LogP contribution in [-0.2, 0) is 5.60 Å². The Kier molecular flexibility index (Phi) is 5.39. The first-order valence-electron chi connectivity index (χ1n) is 5.27. The predicted molar refractivity (Wildman–Crippen MR) is 70.6 cm³/mol. The zero-order valence-corrected chi connectivity index (χ0v) is 11.4. The zero-order valence-electron chi connectivity index (χ0n) is 9.14. The van der Waals surface area contributed by atoms with Crippen LogP contribution in [0.4, 0.5) is 0 Å². The molecule has 1 aromatic rings. The SMILES string of the molecule is CCCCC(O)(CCl)c1ccc(Cl)cc1Cl. The van der Waals surface area contributed by atoms with Gasteiger partial charge in [-0.3, -0.25) is 0 Å². The number of benzene rings is 1. The van der Waals surface area contributed by atoms with E-state index >= 15 is 0 Å². The van der Waals surface area contributed by atoms with Gasteiger partial charge >= 0.3 is 0 Å². The molecule has 0 radical (unpaired) electrons. The fraction of sp³-hybridized carbons (Fsp3) is 0.500. The summed E-state index contributed by atoms with van der Waals surface area (Å²) in [6.45, 7) is 2.07. The number of aliphatic hydroxyl groups is 1. The van der Waals surface area contributed by atoms with Crippen molar-refractivity contribution in [2.24, 2.45) is 0 Å². The fourth-order valence-corrected chi connectivity index (χ4v) is 2.47. The van der Waals surface area contributed by atoms with Crippen molar-refractivity contribution in [3.05, 3.63) is 33.8 Å². The van der Waals surface area contributed by atoms with Crippen LogP contribution in [0.1, 0.15) is 31.7 Å². The topological polar surface area (TPSA) is 20.2 Å². The van der Waals surface area contributed by atoms with Crippen LogP contribution >= 0.6 is 34.8 Å². The van der Waals surface area contributed by atoms with E-state index in [0.717, 1.165) is 12.8 Å². The van der Waals surface area contributed by atoms with E-state index in [9.17, 15) is 5.11 Å². The molecule has 16 heavy (non-hydrogen) atoms. The Labute approximate surface area is 111 Å². The molecule has 90 valence electrons. The number of unbranched alkanes of at least 4 members (excludes halogenated alkanes) is 1. The van der Waals surface area contributed by atoms with Crippen LogP contribution in [0.5, 0.6) is 0 Å². The van der Waals surface area contributed by atoms with Crippen LogP contribution < -0.4 is 0 Å². The lowest BCUT2D eigenvalue weighted by Gasteiger charge is -2.27. The number of hydrogen-bond acceptors (Lipinski definition) is 1. The molecule has 1 unspecified atom stereocenters. The zero-order chi connectivity index (χ0) is 12.2. The fourth-order valence-electron chi connectivity index (χ4n) is 1.61. The third-order valence-electron chi connectivity index (χ3n) is 2.60. The van der Waals surface area contributed by atoms with E-state index in [0.29, 0.717) is 22.0 Å². The number of hydrogen-bond donors (Lipinski definition) is 1. The van der Waals surface area contributed by atoms with Crippen molar-refractivity contribution < 1.29 is 5.11 Å². The second-order valence-corrected chi connectivity index (χ2v) is 5.00. The Bertz CT molecular complexity index is 354. The van der Waals surface area contributed by atoms with Gasteiger partial charge in [0.15, 0.2) is 0 Å². The Balaban J connectivity index is 3.02. The lowest BCUT2D eigenvalue weighted by molar-refractivity contribution is 0.0492. The highest BCUT2D eigenvalue weighted by atomic mass is 35.5. The first-order valence-corrected chi connectivity index (χ1v) is 6.56. The van der Waals surface area contributed by atoms with E-state index in [1.807, 2.05) is 0 Å². The average molecular weight is 282 g/mol. The highest BCUT2D eigenvalue weighted by molar-refractivity contribution is 6.35. The van der Waals surface area contributed by atoms with Crippen molar-refractivity contribution in [1.82, 2.24) is 0 Å². The maximum absolute atomic E-state index is 10.4. The molecule has 4 heteroatoms. The van der Waals surface area contributed by atoms with Crippen molar-refractivity contribution >= 4 is 34.8 Å². The summed E-state index contributed by atoms with van der Waals surface area (Å²) in [4.78, 5) is 0. The highest BCUT2D eigenvalue weighted by Crippen LogP contribution is 2.34. The van der Waals surface area contributed by atoms with E-state index in [1.54, 1.807) is 18.2 Å². The molecule has 1 rings (SSSR count). The standard InChI is InChI=1S/C12H15Cl3O/c1-2-3-6-12(16,8-13)10-5-4-9(14)7-11(10)15/h4-5,7,16H,2-3,6,8H2,1H3. The van der Waals surface area contributed by atoms with Crippen molar-refractivity contribution in [2.45, 2.75) is 31.8 Å². The molecule has 0 aliphatic carbocycles. The number of rotatable bonds is 5. The summed E-state index contributed by atoms with van der Waals surface area (Å²) in [5, 5.41) is 11.5. The molecule has 0 bridgehead atoms. The third kappa shape index (κ3) is 3.27. The molecule has 1 N–H and O–H groups in total. The molecule has 1 atom stereocenters. The number of alkyl halides is 1. The molecule has 0 amide bonds. The Morgan fingerprint density at radius 1 is 1.31 bits per heavy atom. The quantitative estimate of drug-likeness (QED) is 0.781. The molecule has 1 aromatic carbocycles.